The summed E-state index contributed by atoms with van der Waals surface area (Å²) < 4.78 is 2.05. The van der Waals surface area contributed by atoms with Crippen molar-refractivity contribution in [2.75, 3.05) is 13.6 Å². The molecule has 1 aromatic heterocycles. The number of benzene rings is 2. The second kappa shape index (κ2) is 7.98. The van der Waals surface area contributed by atoms with E-state index in [1.54, 1.807) is 0 Å². The summed E-state index contributed by atoms with van der Waals surface area (Å²) in [5.74, 6) is 0. The lowest BCUT2D eigenvalue weighted by Crippen LogP contribution is -2.33. The third-order valence-electron chi connectivity index (χ3n) is 4.10. The quantitative estimate of drug-likeness (QED) is 0.749. The van der Waals surface area contributed by atoms with Gasteiger partial charge in [-0.2, -0.15) is 5.26 Å². The minimum absolute atomic E-state index is 0. The fraction of sp³-hybridized carbons (Fsp3) is 0.211. The van der Waals surface area contributed by atoms with Crippen molar-refractivity contribution in [3.8, 4) is 6.07 Å². The Morgan fingerprint density at radius 3 is 2.54 bits per heavy atom. The Bertz CT molecular complexity index is 839. The highest BCUT2D eigenvalue weighted by atomic mass is 35.5. The molecule has 2 N–H and O–H groups in total. The van der Waals surface area contributed by atoms with Crippen molar-refractivity contribution < 1.29 is 5.11 Å². The lowest BCUT2D eigenvalue weighted by Gasteiger charge is -2.26. The van der Waals surface area contributed by atoms with Crippen LogP contribution in [0.2, 0.25) is 0 Å². The normalized spacial score (nSPS) is 13.0. The zero-order valence-corrected chi connectivity index (χ0v) is 14.2. The first-order valence-electron chi connectivity index (χ1n) is 7.63. The van der Waals surface area contributed by atoms with Gasteiger partial charge in [-0.1, -0.05) is 36.4 Å². The Kier molecular flexibility index (Phi) is 5.99. The minimum Gasteiger partial charge on any atom is -0.389 e. The van der Waals surface area contributed by atoms with Gasteiger partial charge in [0.2, 0.25) is 0 Å². The lowest BCUT2D eigenvalue weighted by atomic mass is 10.0. The third-order valence-corrected chi connectivity index (χ3v) is 4.10. The molecule has 5 heteroatoms. The summed E-state index contributed by atoms with van der Waals surface area (Å²) in [4.78, 5) is 0. The molecule has 0 unspecified atom stereocenters. The smallest absolute Gasteiger partial charge is 0.0998 e. The van der Waals surface area contributed by atoms with Crippen LogP contribution >= 0.6 is 12.4 Å². The zero-order valence-electron chi connectivity index (χ0n) is 13.4. The molecule has 2 aromatic carbocycles. The molecule has 3 rings (SSSR count). The summed E-state index contributed by atoms with van der Waals surface area (Å²) >= 11 is 0. The van der Waals surface area contributed by atoms with E-state index < -0.39 is 6.10 Å². The zero-order chi connectivity index (χ0) is 16.2. The van der Waals surface area contributed by atoms with Crippen LogP contribution in [0, 0.1) is 11.3 Å². The van der Waals surface area contributed by atoms with E-state index in [1.807, 2.05) is 72.4 Å². The first-order chi connectivity index (χ1) is 11.3. The molecule has 0 bridgehead atoms. The summed E-state index contributed by atoms with van der Waals surface area (Å²) in [6, 6.07) is 19.6. The first kappa shape index (κ1) is 18.0. The van der Waals surface area contributed by atoms with E-state index in [1.165, 1.54) is 0 Å². The van der Waals surface area contributed by atoms with E-state index in [0.717, 1.165) is 16.5 Å². The first-order valence-corrected chi connectivity index (χ1v) is 7.63. The van der Waals surface area contributed by atoms with Crippen LogP contribution in [0.25, 0.3) is 10.9 Å². The lowest BCUT2D eigenvalue weighted by molar-refractivity contribution is 0.132. The number of aliphatic hydroxyl groups excluding tert-OH is 1. The van der Waals surface area contributed by atoms with Gasteiger partial charge in [-0.3, -0.25) is 0 Å². The molecule has 0 aliphatic heterocycles. The largest absolute Gasteiger partial charge is 0.389 e. The van der Waals surface area contributed by atoms with Crippen LogP contribution in [0.1, 0.15) is 17.2 Å². The van der Waals surface area contributed by atoms with Gasteiger partial charge in [0.05, 0.1) is 23.8 Å². The molecule has 4 nitrogen and oxygen atoms in total. The molecule has 124 valence electrons. The van der Waals surface area contributed by atoms with Crippen molar-refractivity contribution in [1.82, 2.24) is 9.88 Å². The number of rotatable bonds is 5. The Morgan fingerprint density at radius 1 is 1.12 bits per heavy atom. The number of nitriles is 1. The van der Waals surface area contributed by atoms with Crippen LogP contribution in [-0.2, 0) is 0 Å². The number of nitrogens with one attached hydrogen (secondary N) is 1. The van der Waals surface area contributed by atoms with Crippen molar-refractivity contribution >= 4 is 23.3 Å². The average Bonchev–Trinajstić information content (AvgIpc) is 3.00. The second-order valence-corrected chi connectivity index (χ2v) is 5.55. The molecule has 0 fully saturated rings. The highest BCUT2D eigenvalue weighted by Crippen LogP contribution is 2.29. The summed E-state index contributed by atoms with van der Waals surface area (Å²) in [5, 5.41) is 23.9. The molecule has 0 aliphatic rings. The Balaban J connectivity index is 0.00000208. The van der Waals surface area contributed by atoms with E-state index in [2.05, 4.69) is 11.4 Å². The number of nitrogens with zero attached hydrogens (tertiary/aromatic N) is 2. The van der Waals surface area contributed by atoms with Gasteiger partial charge in [0.15, 0.2) is 0 Å². The summed E-state index contributed by atoms with van der Waals surface area (Å²) in [5.41, 5.74) is 2.64. The summed E-state index contributed by atoms with van der Waals surface area (Å²) in [7, 11) is 1.83. The van der Waals surface area contributed by atoms with Crippen molar-refractivity contribution in [2.45, 2.75) is 12.1 Å². The molecule has 2 atom stereocenters. The highest BCUT2D eigenvalue weighted by molar-refractivity contribution is 5.86. The van der Waals surface area contributed by atoms with Crippen molar-refractivity contribution in [2.24, 2.45) is 0 Å². The number of aromatic nitrogens is 1. The van der Waals surface area contributed by atoms with Crippen LogP contribution in [0.3, 0.4) is 0 Å². The molecule has 0 amide bonds. The summed E-state index contributed by atoms with van der Waals surface area (Å²) in [6.07, 6.45) is 1.37. The number of likely N-dealkylation sites (N-methyl/N-ethyl adjacent to an activating group) is 1. The number of aliphatic hydroxyl groups is 1. The predicted octanol–water partition coefficient (Wildman–Crippen LogP) is 3.10. The van der Waals surface area contributed by atoms with Crippen LogP contribution in [-0.4, -0.2) is 29.4 Å². The van der Waals surface area contributed by atoms with Gasteiger partial charge in [0, 0.05) is 23.6 Å². The van der Waals surface area contributed by atoms with Crippen LogP contribution in [0.4, 0.5) is 0 Å². The molecule has 3 aromatic rings. The van der Waals surface area contributed by atoms with Gasteiger partial charge in [-0.15, -0.1) is 12.4 Å². The molecule has 0 saturated carbocycles. The molecule has 0 spiro atoms. The van der Waals surface area contributed by atoms with Gasteiger partial charge >= 0.3 is 0 Å². The van der Waals surface area contributed by atoms with Crippen molar-refractivity contribution in [3.05, 3.63) is 71.9 Å². The van der Waals surface area contributed by atoms with Crippen LogP contribution in [0.5, 0.6) is 0 Å². The topological polar surface area (TPSA) is 61.0 Å². The summed E-state index contributed by atoms with van der Waals surface area (Å²) in [6.45, 7) is 0.483. The van der Waals surface area contributed by atoms with Crippen LogP contribution in [0.15, 0.2) is 60.8 Å². The Hall–Kier alpha value is -2.32. The van der Waals surface area contributed by atoms with Gasteiger partial charge in [-0.05, 0) is 30.8 Å². The SMILES string of the molecule is CNC[C@H](O)[C@H](c1ccccc1)n1ccc2c(C#N)cccc21.Cl. The number of halogens is 1. The van der Waals surface area contributed by atoms with E-state index in [9.17, 15) is 10.4 Å². The number of hydrogen-bond acceptors (Lipinski definition) is 3. The molecule has 0 saturated heterocycles. The fourth-order valence-electron chi connectivity index (χ4n) is 3.07. The van der Waals surface area contributed by atoms with Gasteiger partial charge in [-0.25, -0.2) is 0 Å². The molecule has 0 radical (unpaired) electrons. The van der Waals surface area contributed by atoms with Gasteiger partial charge < -0.3 is 15.0 Å². The number of fused-ring (bicyclic) bond motifs is 1. The van der Waals surface area contributed by atoms with Gasteiger partial charge in [0.25, 0.3) is 0 Å². The van der Waals surface area contributed by atoms with E-state index in [-0.39, 0.29) is 18.4 Å². The molecule has 0 aliphatic carbocycles. The third kappa shape index (κ3) is 3.29. The molecular formula is C19H20ClN3O. The monoisotopic (exact) mass is 341 g/mol. The van der Waals surface area contributed by atoms with E-state index in [0.29, 0.717) is 12.1 Å². The Morgan fingerprint density at radius 2 is 1.88 bits per heavy atom. The maximum absolute atomic E-state index is 10.7. The maximum Gasteiger partial charge on any atom is 0.0998 e. The van der Waals surface area contributed by atoms with Crippen molar-refractivity contribution in [3.63, 3.8) is 0 Å². The van der Waals surface area contributed by atoms with Crippen LogP contribution < -0.4 is 5.32 Å². The Labute approximate surface area is 147 Å². The second-order valence-electron chi connectivity index (χ2n) is 5.55. The maximum atomic E-state index is 10.7. The molecule has 1 heterocycles. The average molecular weight is 342 g/mol. The molecular weight excluding hydrogens is 322 g/mol. The van der Waals surface area contributed by atoms with Gasteiger partial charge in [0.1, 0.15) is 0 Å². The molecule has 24 heavy (non-hydrogen) atoms. The van der Waals surface area contributed by atoms with E-state index >= 15 is 0 Å². The van der Waals surface area contributed by atoms with E-state index in [4.69, 9.17) is 0 Å². The number of hydrogen-bond donors (Lipinski definition) is 2. The standard InChI is InChI=1S/C19H19N3O.ClH/c1-21-13-18(23)19(14-6-3-2-4-7-14)22-11-10-16-15(12-20)8-5-9-17(16)22;/h2-11,18-19,21,23H,13H2,1H3;1H/t18-,19-;/m0./s1. The highest BCUT2D eigenvalue weighted by Gasteiger charge is 2.23. The fourth-order valence-corrected chi connectivity index (χ4v) is 3.07. The van der Waals surface area contributed by atoms with Crippen molar-refractivity contribution in [1.29, 1.82) is 5.26 Å². The minimum atomic E-state index is -0.580. The predicted molar refractivity (Wildman–Crippen MR) is 98.4 cm³/mol.